The first-order chi connectivity index (χ1) is 13.8. The molecule has 0 fully saturated rings. The standard InChI is InChI=1S/C23H38N4S/c1-3-5-7-8-9-10-11-12-13-16-20-28-23-25-22(21-17-14-15-18-24-21)27(26-23)19-6-4-2/h14-15,17-18H,3-13,16,19-20H2,1-2H3. The SMILES string of the molecule is CCCCCCCCCCCCSc1nc(-c2ccccn2)n(CCCC)n1. The number of hydrogen-bond acceptors (Lipinski definition) is 4. The molecule has 156 valence electrons. The molecule has 0 radical (unpaired) electrons. The summed E-state index contributed by atoms with van der Waals surface area (Å²) in [7, 11) is 0. The summed E-state index contributed by atoms with van der Waals surface area (Å²) in [6.07, 6.45) is 17.9. The van der Waals surface area contributed by atoms with Gasteiger partial charge in [-0.1, -0.05) is 95.9 Å². The monoisotopic (exact) mass is 402 g/mol. The highest BCUT2D eigenvalue weighted by atomic mass is 32.2. The van der Waals surface area contributed by atoms with Crippen LogP contribution in [0.1, 0.15) is 90.9 Å². The first-order valence-electron chi connectivity index (χ1n) is 11.3. The summed E-state index contributed by atoms with van der Waals surface area (Å²) in [5, 5.41) is 5.63. The quantitative estimate of drug-likeness (QED) is 0.221. The van der Waals surface area contributed by atoms with Crippen LogP contribution < -0.4 is 0 Å². The van der Waals surface area contributed by atoms with Crippen molar-refractivity contribution in [2.75, 3.05) is 5.75 Å². The average molecular weight is 403 g/mol. The third kappa shape index (κ3) is 8.76. The number of hydrogen-bond donors (Lipinski definition) is 0. The highest BCUT2D eigenvalue weighted by Gasteiger charge is 2.12. The van der Waals surface area contributed by atoms with Crippen molar-refractivity contribution in [3.63, 3.8) is 0 Å². The molecule has 2 aromatic rings. The molecule has 0 N–H and O–H groups in total. The van der Waals surface area contributed by atoms with E-state index < -0.39 is 0 Å². The van der Waals surface area contributed by atoms with Crippen molar-refractivity contribution < 1.29 is 0 Å². The van der Waals surface area contributed by atoms with Gasteiger partial charge in [-0.2, -0.15) is 4.98 Å². The number of thioether (sulfide) groups is 1. The highest BCUT2D eigenvalue weighted by molar-refractivity contribution is 7.99. The van der Waals surface area contributed by atoms with Crippen LogP contribution >= 0.6 is 11.8 Å². The van der Waals surface area contributed by atoms with Crippen LogP contribution in [-0.4, -0.2) is 25.5 Å². The molecule has 0 saturated heterocycles. The Hall–Kier alpha value is -1.36. The number of aromatic nitrogens is 4. The third-order valence-corrected chi connectivity index (χ3v) is 5.92. The fraction of sp³-hybridized carbons (Fsp3) is 0.696. The van der Waals surface area contributed by atoms with Gasteiger partial charge >= 0.3 is 0 Å². The van der Waals surface area contributed by atoms with E-state index in [0.29, 0.717) is 0 Å². The Labute approximate surface area is 175 Å². The highest BCUT2D eigenvalue weighted by Crippen LogP contribution is 2.22. The molecule has 0 amide bonds. The fourth-order valence-electron chi connectivity index (χ4n) is 3.28. The van der Waals surface area contributed by atoms with E-state index in [0.717, 1.165) is 41.8 Å². The van der Waals surface area contributed by atoms with Gasteiger partial charge in [0.05, 0.1) is 0 Å². The van der Waals surface area contributed by atoms with Crippen LogP contribution in [-0.2, 0) is 6.54 Å². The second kappa shape index (κ2) is 14.6. The van der Waals surface area contributed by atoms with Crippen LogP contribution in [0.3, 0.4) is 0 Å². The molecule has 0 spiro atoms. The third-order valence-electron chi connectivity index (χ3n) is 5.00. The number of rotatable bonds is 16. The van der Waals surface area contributed by atoms with Crippen molar-refractivity contribution in [3.05, 3.63) is 24.4 Å². The molecule has 0 aromatic carbocycles. The van der Waals surface area contributed by atoms with E-state index in [9.17, 15) is 0 Å². The lowest BCUT2D eigenvalue weighted by atomic mass is 10.1. The minimum Gasteiger partial charge on any atom is -0.253 e. The lowest BCUT2D eigenvalue weighted by Crippen LogP contribution is -2.03. The van der Waals surface area contributed by atoms with Crippen molar-refractivity contribution in [3.8, 4) is 11.5 Å². The van der Waals surface area contributed by atoms with Crippen molar-refractivity contribution in [2.45, 2.75) is 103 Å². The molecule has 5 heteroatoms. The zero-order valence-electron chi connectivity index (χ0n) is 17.9. The molecule has 4 nitrogen and oxygen atoms in total. The van der Waals surface area contributed by atoms with Gasteiger partial charge in [0.1, 0.15) is 5.69 Å². The van der Waals surface area contributed by atoms with Gasteiger partial charge in [0, 0.05) is 18.5 Å². The molecule has 28 heavy (non-hydrogen) atoms. The molecule has 2 aromatic heterocycles. The van der Waals surface area contributed by atoms with Crippen molar-refractivity contribution in [1.82, 2.24) is 19.7 Å². The maximum Gasteiger partial charge on any atom is 0.209 e. The van der Waals surface area contributed by atoms with Crippen molar-refractivity contribution in [1.29, 1.82) is 0 Å². The number of aryl methyl sites for hydroxylation is 1. The molecular formula is C23H38N4S. The van der Waals surface area contributed by atoms with Gasteiger partial charge < -0.3 is 0 Å². The Kier molecular flexibility index (Phi) is 12.0. The first-order valence-corrected chi connectivity index (χ1v) is 12.3. The van der Waals surface area contributed by atoms with Gasteiger partial charge in [0.25, 0.3) is 0 Å². The molecule has 2 rings (SSSR count). The van der Waals surface area contributed by atoms with Crippen molar-refractivity contribution in [2.24, 2.45) is 0 Å². The van der Waals surface area contributed by atoms with E-state index in [-0.39, 0.29) is 0 Å². The molecule has 0 bridgehead atoms. The molecule has 0 atom stereocenters. The maximum atomic E-state index is 4.77. The molecular weight excluding hydrogens is 364 g/mol. The summed E-state index contributed by atoms with van der Waals surface area (Å²) in [6.45, 7) is 5.40. The average Bonchev–Trinajstić information content (AvgIpc) is 3.14. The molecule has 0 aliphatic heterocycles. The summed E-state index contributed by atoms with van der Waals surface area (Å²) >= 11 is 1.79. The van der Waals surface area contributed by atoms with Crippen molar-refractivity contribution >= 4 is 11.8 Å². The smallest absolute Gasteiger partial charge is 0.209 e. The largest absolute Gasteiger partial charge is 0.253 e. The second-order valence-electron chi connectivity index (χ2n) is 7.54. The van der Waals surface area contributed by atoms with E-state index in [1.807, 2.05) is 29.1 Å². The van der Waals surface area contributed by atoms with Crippen LogP contribution in [0, 0.1) is 0 Å². The molecule has 0 aliphatic carbocycles. The summed E-state index contributed by atoms with van der Waals surface area (Å²) in [6, 6.07) is 5.97. The Morgan fingerprint density at radius 2 is 1.50 bits per heavy atom. The predicted molar refractivity (Wildman–Crippen MR) is 121 cm³/mol. The second-order valence-corrected chi connectivity index (χ2v) is 8.60. The van der Waals surface area contributed by atoms with E-state index >= 15 is 0 Å². The minimum absolute atomic E-state index is 0.896. The van der Waals surface area contributed by atoms with Crippen LogP contribution in [0.2, 0.25) is 0 Å². The van der Waals surface area contributed by atoms with Gasteiger partial charge in [-0.3, -0.25) is 4.98 Å². The van der Waals surface area contributed by atoms with E-state index in [4.69, 9.17) is 10.1 Å². The Morgan fingerprint density at radius 1 is 0.821 bits per heavy atom. The Bertz CT molecular complexity index is 627. The van der Waals surface area contributed by atoms with Crippen LogP contribution in [0.5, 0.6) is 0 Å². The van der Waals surface area contributed by atoms with Gasteiger partial charge in [-0.25, -0.2) is 4.68 Å². The lowest BCUT2D eigenvalue weighted by molar-refractivity contribution is 0.562. The minimum atomic E-state index is 0.896. The zero-order chi connectivity index (χ0) is 19.9. The summed E-state index contributed by atoms with van der Waals surface area (Å²) in [5.74, 6) is 2.01. The van der Waals surface area contributed by atoms with Gasteiger partial charge in [-0.05, 0) is 25.0 Å². The maximum absolute atomic E-state index is 4.77. The van der Waals surface area contributed by atoms with E-state index in [1.54, 1.807) is 11.8 Å². The first kappa shape index (κ1) is 22.9. The molecule has 0 saturated carbocycles. The Balaban J connectivity index is 1.67. The van der Waals surface area contributed by atoms with Gasteiger partial charge in [0.15, 0.2) is 5.82 Å². The number of pyridine rings is 1. The topological polar surface area (TPSA) is 43.6 Å². The summed E-state index contributed by atoms with van der Waals surface area (Å²) in [5.41, 5.74) is 0.914. The molecule has 0 unspecified atom stereocenters. The summed E-state index contributed by atoms with van der Waals surface area (Å²) in [4.78, 5) is 9.23. The number of unbranched alkanes of at least 4 members (excludes halogenated alkanes) is 10. The molecule has 2 heterocycles. The predicted octanol–water partition coefficient (Wildman–Crippen LogP) is 7.15. The Morgan fingerprint density at radius 3 is 2.14 bits per heavy atom. The summed E-state index contributed by atoms with van der Waals surface area (Å²) < 4.78 is 2.03. The van der Waals surface area contributed by atoms with Gasteiger partial charge in [0.2, 0.25) is 5.16 Å². The molecule has 0 aliphatic rings. The normalized spacial score (nSPS) is 11.2. The van der Waals surface area contributed by atoms with Crippen LogP contribution in [0.15, 0.2) is 29.6 Å². The van der Waals surface area contributed by atoms with Crippen LogP contribution in [0.4, 0.5) is 0 Å². The van der Waals surface area contributed by atoms with E-state index in [2.05, 4.69) is 18.8 Å². The zero-order valence-corrected chi connectivity index (χ0v) is 18.7. The fourth-order valence-corrected chi connectivity index (χ4v) is 4.12. The van der Waals surface area contributed by atoms with Gasteiger partial charge in [-0.15, -0.1) is 5.10 Å². The number of nitrogens with zero attached hydrogens (tertiary/aromatic N) is 4. The lowest BCUT2D eigenvalue weighted by Gasteiger charge is -2.03. The van der Waals surface area contributed by atoms with E-state index in [1.165, 1.54) is 64.2 Å². The van der Waals surface area contributed by atoms with Crippen LogP contribution in [0.25, 0.3) is 11.5 Å².